The predicted octanol–water partition coefficient (Wildman–Crippen LogP) is 2.28. The SMILES string of the molecule is COc1ccc(S(=O)(=O)Nc2cnc(N3CCCCC3)nc2)cc1. The lowest BCUT2D eigenvalue weighted by atomic mass is 10.1. The van der Waals surface area contributed by atoms with Gasteiger partial charge in [-0.1, -0.05) is 0 Å². The van der Waals surface area contributed by atoms with Crippen molar-refractivity contribution in [3.8, 4) is 5.75 Å². The lowest BCUT2D eigenvalue weighted by Gasteiger charge is -2.26. The Labute approximate surface area is 141 Å². The van der Waals surface area contributed by atoms with Gasteiger partial charge in [0.05, 0.1) is 30.1 Å². The fourth-order valence-electron chi connectivity index (χ4n) is 2.60. The second kappa shape index (κ2) is 7.04. The summed E-state index contributed by atoms with van der Waals surface area (Å²) in [6, 6.07) is 6.18. The number of piperidine rings is 1. The first-order chi connectivity index (χ1) is 11.6. The summed E-state index contributed by atoms with van der Waals surface area (Å²) in [5.41, 5.74) is 0.339. The van der Waals surface area contributed by atoms with Crippen LogP contribution in [0.5, 0.6) is 5.75 Å². The minimum atomic E-state index is -3.68. The van der Waals surface area contributed by atoms with Crippen LogP contribution in [-0.2, 0) is 10.0 Å². The molecule has 0 bridgehead atoms. The molecule has 1 saturated heterocycles. The summed E-state index contributed by atoms with van der Waals surface area (Å²) in [7, 11) is -2.14. The van der Waals surface area contributed by atoms with Crippen molar-refractivity contribution < 1.29 is 13.2 Å². The molecule has 0 amide bonds. The fraction of sp³-hybridized carbons (Fsp3) is 0.375. The van der Waals surface area contributed by atoms with Gasteiger partial charge in [-0.2, -0.15) is 0 Å². The lowest BCUT2D eigenvalue weighted by molar-refractivity contribution is 0.414. The molecule has 0 radical (unpaired) electrons. The molecule has 0 unspecified atom stereocenters. The number of nitrogens with zero attached hydrogens (tertiary/aromatic N) is 3. The fourth-order valence-corrected chi connectivity index (χ4v) is 3.63. The normalized spacial score (nSPS) is 15.1. The number of ether oxygens (including phenoxy) is 1. The zero-order valence-corrected chi connectivity index (χ0v) is 14.3. The summed E-state index contributed by atoms with van der Waals surface area (Å²) in [5.74, 6) is 1.24. The number of rotatable bonds is 5. The van der Waals surface area contributed by atoms with E-state index >= 15 is 0 Å². The number of nitrogens with one attached hydrogen (secondary N) is 1. The Kier molecular flexibility index (Phi) is 4.84. The molecule has 7 nitrogen and oxygen atoms in total. The maximum atomic E-state index is 12.4. The van der Waals surface area contributed by atoms with Crippen molar-refractivity contribution in [1.82, 2.24) is 9.97 Å². The first-order valence-corrected chi connectivity index (χ1v) is 9.31. The second-order valence-corrected chi connectivity index (χ2v) is 7.28. The van der Waals surface area contributed by atoms with E-state index in [1.54, 1.807) is 12.1 Å². The van der Waals surface area contributed by atoms with Crippen LogP contribution in [0.4, 0.5) is 11.6 Å². The number of sulfonamides is 1. The van der Waals surface area contributed by atoms with E-state index < -0.39 is 10.0 Å². The quantitative estimate of drug-likeness (QED) is 0.892. The van der Waals surface area contributed by atoms with Gasteiger partial charge >= 0.3 is 0 Å². The van der Waals surface area contributed by atoms with Crippen molar-refractivity contribution in [3.05, 3.63) is 36.7 Å². The molecule has 0 aliphatic carbocycles. The Bertz CT molecular complexity index is 770. The number of anilines is 2. The van der Waals surface area contributed by atoms with Gasteiger partial charge in [-0.15, -0.1) is 0 Å². The van der Waals surface area contributed by atoms with Gasteiger partial charge in [-0.25, -0.2) is 18.4 Å². The van der Waals surface area contributed by atoms with Crippen LogP contribution in [0.15, 0.2) is 41.6 Å². The van der Waals surface area contributed by atoms with Gasteiger partial charge in [-0.05, 0) is 43.5 Å². The van der Waals surface area contributed by atoms with E-state index in [9.17, 15) is 8.42 Å². The van der Waals surface area contributed by atoms with Gasteiger partial charge < -0.3 is 9.64 Å². The standard InChI is InChI=1S/C16H20N4O3S/c1-23-14-5-7-15(8-6-14)24(21,22)19-13-11-17-16(18-12-13)20-9-3-2-4-10-20/h5-8,11-12,19H,2-4,9-10H2,1H3. The van der Waals surface area contributed by atoms with Crippen LogP contribution in [0.2, 0.25) is 0 Å². The third-order valence-corrected chi connectivity index (χ3v) is 5.30. The van der Waals surface area contributed by atoms with Crippen molar-refractivity contribution in [2.45, 2.75) is 24.2 Å². The minimum Gasteiger partial charge on any atom is -0.497 e. The lowest BCUT2D eigenvalue weighted by Crippen LogP contribution is -2.30. The molecule has 8 heteroatoms. The zero-order chi connectivity index (χ0) is 17.0. The van der Waals surface area contributed by atoms with E-state index in [1.807, 2.05) is 0 Å². The van der Waals surface area contributed by atoms with E-state index in [0.29, 0.717) is 17.4 Å². The summed E-state index contributed by atoms with van der Waals surface area (Å²) >= 11 is 0. The van der Waals surface area contributed by atoms with Crippen LogP contribution in [0.3, 0.4) is 0 Å². The van der Waals surface area contributed by atoms with Crippen molar-refractivity contribution in [2.24, 2.45) is 0 Å². The van der Waals surface area contributed by atoms with Crippen molar-refractivity contribution >= 4 is 21.7 Å². The van der Waals surface area contributed by atoms with Gasteiger partial charge in [0.25, 0.3) is 10.0 Å². The molecule has 1 N–H and O–H groups in total. The number of hydrogen-bond donors (Lipinski definition) is 1. The molecular weight excluding hydrogens is 328 g/mol. The van der Waals surface area contributed by atoms with Crippen molar-refractivity contribution in [2.75, 3.05) is 29.8 Å². The Hall–Kier alpha value is -2.35. The number of aromatic nitrogens is 2. The van der Waals surface area contributed by atoms with E-state index in [0.717, 1.165) is 25.9 Å². The van der Waals surface area contributed by atoms with E-state index in [2.05, 4.69) is 19.6 Å². The molecule has 0 saturated carbocycles. The highest BCUT2D eigenvalue weighted by molar-refractivity contribution is 7.92. The highest BCUT2D eigenvalue weighted by Crippen LogP contribution is 2.20. The topological polar surface area (TPSA) is 84.4 Å². The third kappa shape index (κ3) is 3.76. The molecule has 24 heavy (non-hydrogen) atoms. The van der Waals surface area contributed by atoms with Gasteiger partial charge in [0, 0.05) is 13.1 Å². The maximum absolute atomic E-state index is 12.4. The van der Waals surface area contributed by atoms with Gasteiger partial charge in [0.1, 0.15) is 5.75 Å². The van der Waals surface area contributed by atoms with Gasteiger partial charge in [-0.3, -0.25) is 4.72 Å². The van der Waals surface area contributed by atoms with Crippen LogP contribution < -0.4 is 14.4 Å². The Morgan fingerprint density at radius 3 is 2.25 bits per heavy atom. The average Bonchev–Trinajstić information content (AvgIpc) is 2.63. The highest BCUT2D eigenvalue weighted by Gasteiger charge is 2.16. The van der Waals surface area contributed by atoms with E-state index in [-0.39, 0.29) is 4.90 Å². The predicted molar refractivity (Wildman–Crippen MR) is 91.9 cm³/mol. The molecule has 0 atom stereocenters. The summed E-state index contributed by atoms with van der Waals surface area (Å²) in [4.78, 5) is 10.8. The number of benzene rings is 1. The summed E-state index contributed by atoms with van der Waals surface area (Å²) in [6.07, 6.45) is 6.50. The summed E-state index contributed by atoms with van der Waals surface area (Å²) in [5, 5.41) is 0. The molecule has 128 valence electrons. The molecule has 1 aliphatic rings. The van der Waals surface area contributed by atoms with E-state index in [1.165, 1.54) is 38.1 Å². The molecule has 1 aromatic carbocycles. The summed E-state index contributed by atoms with van der Waals surface area (Å²) < 4.78 is 32.3. The second-order valence-electron chi connectivity index (χ2n) is 5.60. The molecule has 1 aromatic heterocycles. The van der Waals surface area contributed by atoms with Crippen molar-refractivity contribution in [3.63, 3.8) is 0 Å². The van der Waals surface area contributed by atoms with Gasteiger partial charge in [0.2, 0.25) is 5.95 Å². The molecule has 2 aromatic rings. The Morgan fingerprint density at radius 2 is 1.67 bits per heavy atom. The smallest absolute Gasteiger partial charge is 0.261 e. The van der Waals surface area contributed by atoms with Gasteiger partial charge in [0.15, 0.2) is 0 Å². The minimum absolute atomic E-state index is 0.156. The third-order valence-electron chi connectivity index (χ3n) is 3.90. The maximum Gasteiger partial charge on any atom is 0.261 e. The van der Waals surface area contributed by atoms with Crippen LogP contribution in [0.1, 0.15) is 19.3 Å². The van der Waals surface area contributed by atoms with E-state index in [4.69, 9.17) is 4.74 Å². The first kappa shape index (κ1) is 16.5. The molecule has 1 fully saturated rings. The largest absolute Gasteiger partial charge is 0.497 e. The number of methoxy groups -OCH3 is 1. The molecule has 1 aliphatic heterocycles. The molecule has 0 spiro atoms. The van der Waals surface area contributed by atoms with Crippen LogP contribution in [0.25, 0.3) is 0 Å². The van der Waals surface area contributed by atoms with Crippen LogP contribution >= 0.6 is 0 Å². The zero-order valence-electron chi connectivity index (χ0n) is 13.5. The Morgan fingerprint density at radius 1 is 1.04 bits per heavy atom. The number of hydrogen-bond acceptors (Lipinski definition) is 6. The highest BCUT2D eigenvalue weighted by atomic mass is 32.2. The molecule has 2 heterocycles. The Balaban J connectivity index is 1.72. The van der Waals surface area contributed by atoms with Crippen molar-refractivity contribution in [1.29, 1.82) is 0 Å². The average molecular weight is 348 g/mol. The first-order valence-electron chi connectivity index (χ1n) is 7.82. The summed E-state index contributed by atoms with van der Waals surface area (Å²) in [6.45, 7) is 1.88. The van der Waals surface area contributed by atoms with Crippen LogP contribution in [-0.4, -0.2) is 38.6 Å². The molecule has 3 rings (SSSR count). The van der Waals surface area contributed by atoms with Crippen LogP contribution in [0, 0.1) is 0 Å². The molecular formula is C16H20N4O3S. The monoisotopic (exact) mass is 348 g/mol.